The Labute approximate surface area is 172 Å². The molecule has 0 atom stereocenters. The van der Waals surface area contributed by atoms with Gasteiger partial charge in [-0.2, -0.15) is 4.68 Å². The molecule has 0 unspecified atom stereocenters. The largest absolute Gasteiger partial charge is 0.353 e. The first-order chi connectivity index (χ1) is 14.6. The van der Waals surface area contributed by atoms with Gasteiger partial charge in [0.2, 0.25) is 5.91 Å². The van der Waals surface area contributed by atoms with E-state index in [-0.39, 0.29) is 11.6 Å². The van der Waals surface area contributed by atoms with Crippen molar-refractivity contribution in [1.82, 2.24) is 14.1 Å². The summed E-state index contributed by atoms with van der Waals surface area (Å²) < 4.78 is 2.92. The minimum absolute atomic E-state index is 0.267. The lowest BCUT2D eigenvalue weighted by molar-refractivity contribution is -0.117. The van der Waals surface area contributed by atoms with Crippen molar-refractivity contribution in [2.24, 2.45) is 0 Å². The van der Waals surface area contributed by atoms with E-state index in [2.05, 4.69) is 0 Å². The van der Waals surface area contributed by atoms with Gasteiger partial charge in [0.05, 0.1) is 16.9 Å². The summed E-state index contributed by atoms with van der Waals surface area (Å²) in [7, 11) is 0. The zero-order valence-corrected chi connectivity index (χ0v) is 16.3. The summed E-state index contributed by atoms with van der Waals surface area (Å²) in [5.41, 5.74) is 3.03. The van der Waals surface area contributed by atoms with E-state index in [1.165, 1.54) is 21.0 Å². The van der Waals surface area contributed by atoms with Gasteiger partial charge in [-0.1, -0.05) is 60.7 Å². The Kier molecular flexibility index (Phi) is 4.17. The van der Waals surface area contributed by atoms with Gasteiger partial charge in [-0.3, -0.25) is 4.79 Å². The number of hydrogen-bond acceptors (Lipinski definition) is 3. The Morgan fingerprint density at radius 1 is 0.867 bits per heavy atom. The Hall–Kier alpha value is -4.19. The van der Waals surface area contributed by atoms with Crippen LogP contribution in [0.3, 0.4) is 0 Å². The number of para-hydroxylation sites is 2. The number of anilines is 1. The topological polar surface area (TPSA) is 59.6 Å². The fraction of sp³-hybridized carbons (Fsp3) is 0.0417. The van der Waals surface area contributed by atoms with Crippen LogP contribution in [0.25, 0.3) is 27.8 Å². The van der Waals surface area contributed by atoms with E-state index in [4.69, 9.17) is 4.98 Å². The molecule has 6 nitrogen and oxygen atoms in total. The molecule has 3 aromatic carbocycles. The quantitative estimate of drug-likeness (QED) is 0.462. The van der Waals surface area contributed by atoms with Crippen LogP contribution in [0, 0.1) is 0 Å². The lowest BCUT2D eigenvalue weighted by atomic mass is 10.2. The normalized spacial score (nSPS) is 11.1. The van der Waals surface area contributed by atoms with E-state index in [9.17, 15) is 9.59 Å². The maximum absolute atomic E-state index is 13.6. The highest BCUT2D eigenvalue weighted by atomic mass is 16.2. The highest BCUT2D eigenvalue weighted by molar-refractivity contribution is 5.97. The molecule has 0 aliphatic heterocycles. The van der Waals surface area contributed by atoms with E-state index in [1.54, 1.807) is 18.3 Å². The highest BCUT2D eigenvalue weighted by Crippen LogP contribution is 2.25. The molecule has 5 aromatic rings. The molecule has 146 valence electrons. The summed E-state index contributed by atoms with van der Waals surface area (Å²) in [5, 5.41) is 2.17. The van der Waals surface area contributed by atoms with Gasteiger partial charge in [-0.25, -0.2) is 19.2 Å². The fourth-order valence-electron chi connectivity index (χ4n) is 3.72. The summed E-state index contributed by atoms with van der Waals surface area (Å²) in [6.07, 6.45) is 1.72. The van der Waals surface area contributed by atoms with Crippen LogP contribution < -0.4 is 10.7 Å². The van der Waals surface area contributed by atoms with Crippen LogP contribution in [0.15, 0.2) is 95.9 Å². The average molecular weight is 394 g/mol. The monoisotopic (exact) mass is 394 g/mol. The number of fused-ring (bicyclic) bond motifs is 3. The van der Waals surface area contributed by atoms with Gasteiger partial charge in [-0.15, -0.1) is 0 Å². The summed E-state index contributed by atoms with van der Waals surface area (Å²) in [6.45, 7) is 1.45. The standard InChI is InChI=1S/C24H18N4O2/c1-17(29)27(19-12-6-3-7-13-19)28-22-15-9-8-14-20(22)23-25-21(16-26(23)24(28)30)18-10-4-2-5-11-18/h2-16H,1H3. The molecule has 2 aromatic heterocycles. The predicted molar refractivity (Wildman–Crippen MR) is 117 cm³/mol. The van der Waals surface area contributed by atoms with Crippen molar-refractivity contribution < 1.29 is 4.79 Å². The Morgan fingerprint density at radius 2 is 1.50 bits per heavy atom. The van der Waals surface area contributed by atoms with Crippen LogP contribution in [0.1, 0.15) is 6.92 Å². The Balaban J connectivity index is 1.87. The summed E-state index contributed by atoms with van der Waals surface area (Å²) in [5.74, 6) is -0.267. The summed E-state index contributed by atoms with van der Waals surface area (Å²) >= 11 is 0. The van der Waals surface area contributed by atoms with Crippen LogP contribution in [0.5, 0.6) is 0 Å². The number of imidazole rings is 1. The number of benzene rings is 3. The van der Waals surface area contributed by atoms with E-state index in [1.807, 2.05) is 72.8 Å². The summed E-state index contributed by atoms with van der Waals surface area (Å²) in [6, 6.07) is 26.3. The van der Waals surface area contributed by atoms with Crippen LogP contribution in [-0.4, -0.2) is 20.0 Å². The molecule has 0 bridgehead atoms. The van der Waals surface area contributed by atoms with E-state index in [0.717, 1.165) is 10.9 Å². The minimum atomic E-state index is -0.363. The number of carbonyl (C=O) groups is 1. The van der Waals surface area contributed by atoms with Crippen molar-refractivity contribution in [3.05, 3.63) is 102 Å². The number of rotatable bonds is 3. The molecule has 5 rings (SSSR count). The SMILES string of the molecule is CC(=O)N(c1ccccc1)n1c(=O)n2cc(-c3ccccc3)nc2c2ccccc21. The van der Waals surface area contributed by atoms with Crippen LogP contribution >= 0.6 is 0 Å². The second-order valence-corrected chi connectivity index (χ2v) is 6.96. The molecule has 0 saturated heterocycles. The summed E-state index contributed by atoms with van der Waals surface area (Å²) in [4.78, 5) is 31.0. The number of carbonyl (C=O) groups excluding carboxylic acids is 1. The second kappa shape index (κ2) is 7.00. The Bertz CT molecular complexity index is 1440. The van der Waals surface area contributed by atoms with Gasteiger partial charge < -0.3 is 0 Å². The van der Waals surface area contributed by atoms with Crippen molar-refractivity contribution >= 4 is 28.1 Å². The van der Waals surface area contributed by atoms with Crippen LogP contribution in [0.2, 0.25) is 0 Å². The number of amides is 1. The van der Waals surface area contributed by atoms with Crippen molar-refractivity contribution in [2.75, 3.05) is 5.01 Å². The van der Waals surface area contributed by atoms with Crippen molar-refractivity contribution in [3.63, 3.8) is 0 Å². The average Bonchev–Trinajstić information content (AvgIpc) is 3.24. The number of nitrogens with zero attached hydrogens (tertiary/aromatic N) is 4. The third-order valence-corrected chi connectivity index (χ3v) is 5.03. The lowest BCUT2D eigenvalue weighted by Crippen LogP contribution is -2.44. The fourth-order valence-corrected chi connectivity index (χ4v) is 3.72. The molecule has 0 aliphatic rings. The first-order valence-electron chi connectivity index (χ1n) is 9.59. The highest BCUT2D eigenvalue weighted by Gasteiger charge is 2.21. The predicted octanol–water partition coefficient (Wildman–Crippen LogP) is 4.13. The third-order valence-electron chi connectivity index (χ3n) is 5.03. The van der Waals surface area contributed by atoms with Crippen molar-refractivity contribution in [2.45, 2.75) is 6.92 Å². The van der Waals surface area contributed by atoms with Gasteiger partial charge in [-0.05, 0) is 24.3 Å². The molecule has 0 spiro atoms. The van der Waals surface area contributed by atoms with Crippen LogP contribution in [0.4, 0.5) is 5.69 Å². The molecule has 0 fully saturated rings. The van der Waals surface area contributed by atoms with Gasteiger partial charge in [0, 0.05) is 24.1 Å². The minimum Gasteiger partial charge on any atom is -0.273 e. The third kappa shape index (κ3) is 2.78. The smallest absolute Gasteiger partial charge is 0.273 e. The Morgan fingerprint density at radius 3 is 2.20 bits per heavy atom. The second-order valence-electron chi connectivity index (χ2n) is 6.96. The molecule has 0 N–H and O–H groups in total. The molecular weight excluding hydrogens is 376 g/mol. The molecule has 6 heteroatoms. The van der Waals surface area contributed by atoms with Crippen LogP contribution in [-0.2, 0) is 4.79 Å². The van der Waals surface area contributed by atoms with Crippen molar-refractivity contribution in [3.8, 4) is 11.3 Å². The first-order valence-corrected chi connectivity index (χ1v) is 9.59. The zero-order chi connectivity index (χ0) is 20.7. The molecule has 2 heterocycles. The van der Waals surface area contributed by atoms with Gasteiger partial charge in [0.15, 0.2) is 5.65 Å². The maximum Gasteiger partial charge on any atom is 0.353 e. The maximum atomic E-state index is 13.6. The molecule has 0 saturated carbocycles. The molecule has 0 radical (unpaired) electrons. The van der Waals surface area contributed by atoms with Gasteiger partial charge >= 0.3 is 5.69 Å². The molecular formula is C24H18N4O2. The van der Waals surface area contributed by atoms with E-state index in [0.29, 0.717) is 22.5 Å². The lowest BCUT2D eigenvalue weighted by Gasteiger charge is -2.25. The number of aromatic nitrogens is 3. The zero-order valence-electron chi connectivity index (χ0n) is 16.3. The van der Waals surface area contributed by atoms with E-state index < -0.39 is 0 Å². The molecule has 30 heavy (non-hydrogen) atoms. The van der Waals surface area contributed by atoms with Crippen molar-refractivity contribution in [1.29, 1.82) is 0 Å². The van der Waals surface area contributed by atoms with Gasteiger partial charge in [0.1, 0.15) is 0 Å². The van der Waals surface area contributed by atoms with Gasteiger partial charge in [0.25, 0.3) is 0 Å². The van der Waals surface area contributed by atoms with E-state index >= 15 is 0 Å². The molecule has 1 amide bonds. The first kappa shape index (κ1) is 17.9. The molecule has 0 aliphatic carbocycles. The number of hydrogen-bond donors (Lipinski definition) is 0.